The van der Waals surface area contributed by atoms with E-state index in [1.54, 1.807) is 0 Å². The van der Waals surface area contributed by atoms with Gasteiger partial charge in [-0.1, -0.05) is 29.8 Å². The first-order valence-electron chi connectivity index (χ1n) is 5.50. The van der Waals surface area contributed by atoms with Crippen molar-refractivity contribution in [2.45, 2.75) is 26.4 Å². The van der Waals surface area contributed by atoms with Gasteiger partial charge in [0.05, 0.1) is 0 Å². The molecular weight excluding hydrogens is 198 g/mol. The zero-order valence-electron chi connectivity index (χ0n) is 9.72. The van der Waals surface area contributed by atoms with Gasteiger partial charge in [0.15, 0.2) is 0 Å². The summed E-state index contributed by atoms with van der Waals surface area (Å²) in [6, 6.07) is 8.52. The number of nitrogens with zero attached hydrogens (tertiary/aromatic N) is 2. The first-order valence-corrected chi connectivity index (χ1v) is 5.50. The summed E-state index contributed by atoms with van der Waals surface area (Å²) in [6.07, 6.45) is 3.79. The maximum atomic E-state index is 5.81. The van der Waals surface area contributed by atoms with E-state index < -0.39 is 0 Å². The molecule has 84 valence electrons. The van der Waals surface area contributed by atoms with E-state index in [1.165, 1.54) is 5.56 Å². The van der Waals surface area contributed by atoms with E-state index in [4.69, 9.17) is 5.73 Å². The number of rotatable bonds is 3. The second-order valence-corrected chi connectivity index (χ2v) is 4.25. The molecule has 16 heavy (non-hydrogen) atoms. The molecular formula is C13H17N3. The molecule has 1 atom stereocenters. The van der Waals surface area contributed by atoms with Crippen molar-refractivity contribution in [3.63, 3.8) is 0 Å². The lowest BCUT2D eigenvalue weighted by molar-refractivity contribution is 0.594. The van der Waals surface area contributed by atoms with Crippen LogP contribution in [0.1, 0.15) is 12.5 Å². The predicted molar refractivity (Wildman–Crippen MR) is 66.0 cm³/mol. The molecule has 0 amide bonds. The minimum Gasteiger partial charge on any atom is -0.329 e. The molecule has 0 bridgehead atoms. The average Bonchev–Trinajstić information content (AvgIpc) is 2.66. The number of hydrogen-bond donors (Lipinski definition) is 1. The Balaban J connectivity index is 2.33. The number of benzene rings is 1. The standard InChI is InChI=1S/C13H17N3/c1-10-3-5-12(6-4-10)13-15-7-8-16(13)9-11(2)14/h3-8,11H,9,14H2,1-2H3. The van der Waals surface area contributed by atoms with Gasteiger partial charge in [0.1, 0.15) is 5.82 Å². The molecule has 0 saturated heterocycles. The minimum atomic E-state index is 0.137. The number of imidazole rings is 1. The third kappa shape index (κ3) is 2.31. The van der Waals surface area contributed by atoms with E-state index >= 15 is 0 Å². The van der Waals surface area contributed by atoms with E-state index in [9.17, 15) is 0 Å². The van der Waals surface area contributed by atoms with Crippen molar-refractivity contribution in [3.8, 4) is 11.4 Å². The normalized spacial score (nSPS) is 12.7. The lowest BCUT2D eigenvalue weighted by Gasteiger charge is -2.10. The smallest absolute Gasteiger partial charge is 0.139 e. The fourth-order valence-electron chi connectivity index (χ4n) is 1.73. The second kappa shape index (κ2) is 4.49. The van der Waals surface area contributed by atoms with Crippen molar-refractivity contribution in [3.05, 3.63) is 42.2 Å². The zero-order valence-corrected chi connectivity index (χ0v) is 9.72. The van der Waals surface area contributed by atoms with Gasteiger partial charge in [0.2, 0.25) is 0 Å². The van der Waals surface area contributed by atoms with Crippen molar-refractivity contribution in [2.75, 3.05) is 0 Å². The molecule has 3 nitrogen and oxygen atoms in total. The van der Waals surface area contributed by atoms with Gasteiger partial charge in [-0.3, -0.25) is 0 Å². The Morgan fingerprint density at radius 3 is 2.62 bits per heavy atom. The van der Waals surface area contributed by atoms with Crippen molar-refractivity contribution in [2.24, 2.45) is 5.73 Å². The van der Waals surface area contributed by atoms with Crippen LogP contribution < -0.4 is 5.73 Å². The van der Waals surface area contributed by atoms with E-state index in [0.717, 1.165) is 17.9 Å². The highest BCUT2D eigenvalue weighted by Gasteiger charge is 2.06. The van der Waals surface area contributed by atoms with E-state index in [2.05, 4.69) is 40.7 Å². The highest BCUT2D eigenvalue weighted by atomic mass is 15.1. The summed E-state index contributed by atoms with van der Waals surface area (Å²) in [6.45, 7) is 4.88. The van der Waals surface area contributed by atoms with Crippen molar-refractivity contribution in [1.29, 1.82) is 0 Å². The molecule has 1 aromatic heterocycles. The van der Waals surface area contributed by atoms with Gasteiger partial charge in [-0.05, 0) is 13.8 Å². The fourth-order valence-corrected chi connectivity index (χ4v) is 1.73. The van der Waals surface area contributed by atoms with Crippen LogP contribution in [0.25, 0.3) is 11.4 Å². The number of hydrogen-bond acceptors (Lipinski definition) is 2. The largest absolute Gasteiger partial charge is 0.329 e. The summed E-state index contributed by atoms with van der Waals surface area (Å²) in [4.78, 5) is 4.38. The lowest BCUT2D eigenvalue weighted by atomic mass is 10.1. The number of aryl methyl sites for hydroxylation is 1. The van der Waals surface area contributed by atoms with Crippen molar-refractivity contribution < 1.29 is 0 Å². The van der Waals surface area contributed by atoms with E-state index in [0.29, 0.717) is 0 Å². The maximum absolute atomic E-state index is 5.81. The Hall–Kier alpha value is -1.61. The van der Waals surface area contributed by atoms with Crippen LogP contribution in [-0.2, 0) is 6.54 Å². The molecule has 0 aliphatic heterocycles. The molecule has 3 heteroatoms. The van der Waals surface area contributed by atoms with Crippen LogP contribution in [0.5, 0.6) is 0 Å². The molecule has 0 aliphatic carbocycles. The van der Waals surface area contributed by atoms with Gasteiger partial charge in [-0.2, -0.15) is 0 Å². The summed E-state index contributed by atoms with van der Waals surface area (Å²) in [5.74, 6) is 0.984. The van der Waals surface area contributed by atoms with Crippen LogP contribution in [0.3, 0.4) is 0 Å². The number of nitrogens with two attached hydrogens (primary N) is 1. The maximum Gasteiger partial charge on any atom is 0.139 e. The topological polar surface area (TPSA) is 43.8 Å². The molecule has 1 unspecified atom stereocenters. The Bertz CT molecular complexity index is 454. The molecule has 0 aliphatic rings. The first kappa shape index (κ1) is 10.9. The van der Waals surface area contributed by atoms with Gasteiger partial charge in [-0.15, -0.1) is 0 Å². The van der Waals surface area contributed by atoms with Crippen LogP contribution in [-0.4, -0.2) is 15.6 Å². The lowest BCUT2D eigenvalue weighted by Crippen LogP contribution is -2.22. The van der Waals surface area contributed by atoms with Crippen LogP contribution in [0, 0.1) is 6.92 Å². The average molecular weight is 215 g/mol. The Kier molecular flexibility index (Phi) is 3.06. The highest BCUT2D eigenvalue weighted by molar-refractivity contribution is 5.55. The summed E-state index contributed by atoms with van der Waals surface area (Å²) in [5, 5.41) is 0. The van der Waals surface area contributed by atoms with Crippen molar-refractivity contribution >= 4 is 0 Å². The van der Waals surface area contributed by atoms with Gasteiger partial charge < -0.3 is 10.3 Å². The molecule has 2 aromatic rings. The molecule has 0 saturated carbocycles. The summed E-state index contributed by atoms with van der Waals surface area (Å²) >= 11 is 0. The third-order valence-corrected chi connectivity index (χ3v) is 2.51. The van der Waals surface area contributed by atoms with E-state index in [-0.39, 0.29) is 6.04 Å². The van der Waals surface area contributed by atoms with Gasteiger partial charge >= 0.3 is 0 Å². The monoisotopic (exact) mass is 215 g/mol. The molecule has 2 N–H and O–H groups in total. The Morgan fingerprint density at radius 1 is 1.31 bits per heavy atom. The predicted octanol–water partition coefficient (Wildman–Crippen LogP) is 2.21. The quantitative estimate of drug-likeness (QED) is 0.853. The molecule has 1 aromatic carbocycles. The summed E-state index contributed by atoms with van der Waals surface area (Å²) < 4.78 is 2.09. The number of aromatic nitrogens is 2. The van der Waals surface area contributed by atoms with Crippen LogP contribution in [0.4, 0.5) is 0 Å². The van der Waals surface area contributed by atoms with Crippen molar-refractivity contribution in [1.82, 2.24) is 9.55 Å². The van der Waals surface area contributed by atoms with Crippen LogP contribution >= 0.6 is 0 Å². The van der Waals surface area contributed by atoms with Crippen LogP contribution in [0.2, 0.25) is 0 Å². The fraction of sp³-hybridized carbons (Fsp3) is 0.308. The van der Waals surface area contributed by atoms with Gasteiger partial charge in [0.25, 0.3) is 0 Å². The third-order valence-electron chi connectivity index (χ3n) is 2.51. The highest BCUT2D eigenvalue weighted by Crippen LogP contribution is 2.17. The summed E-state index contributed by atoms with van der Waals surface area (Å²) in [5.41, 5.74) is 8.20. The molecule has 0 radical (unpaired) electrons. The molecule has 0 spiro atoms. The van der Waals surface area contributed by atoms with E-state index in [1.807, 2.05) is 19.3 Å². The summed E-state index contributed by atoms with van der Waals surface area (Å²) in [7, 11) is 0. The van der Waals surface area contributed by atoms with Gasteiger partial charge in [-0.25, -0.2) is 4.98 Å². The zero-order chi connectivity index (χ0) is 11.5. The van der Waals surface area contributed by atoms with Gasteiger partial charge in [0, 0.05) is 30.5 Å². The molecule has 2 rings (SSSR count). The minimum absolute atomic E-state index is 0.137. The van der Waals surface area contributed by atoms with Crippen LogP contribution in [0.15, 0.2) is 36.7 Å². The Morgan fingerprint density at radius 2 is 2.00 bits per heavy atom. The Labute approximate surface area is 95.9 Å². The first-order chi connectivity index (χ1) is 7.66. The molecule has 0 fully saturated rings. The SMILES string of the molecule is Cc1ccc(-c2nccn2CC(C)N)cc1. The molecule has 1 heterocycles. The second-order valence-electron chi connectivity index (χ2n) is 4.25.